The molecular weight excluding hydrogens is 176 g/mol. The first-order valence-electron chi connectivity index (χ1n) is 5.45. The average Bonchev–Trinajstić information content (AvgIpc) is 2.94. The Morgan fingerprint density at radius 1 is 1.50 bits per heavy atom. The summed E-state index contributed by atoms with van der Waals surface area (Å²) in [6.07, 6.45) is 8.77. The van der Waals surface area contributed by atoms with Gasteiger partial charge in [0.05, 0.1) is 5.92 Å². The van der Waals surface area contributed by atoms with E-state index in [1.807, 2.05) is 0 Å². The molecule has 0 aliphatic heterocycles. The molecule has 3 N–H and O–H groups in total. The van der Waals surface area contributed by atoms with Gasteiger partial charge in [0.25, 0.3) is 0 Å². The third kappa shape index (κ3) is 2.35. The van der Waals surface area contributed by atoms with Gasteiger partial charge in [-0.25, -0.2) is 0 Å². The van der Waals surface area contributed by atoms with Gasteiger partial charge >= 0.3 is 0 Å². The fourth-order valence-corrected chi connectivity index (χ4v) is 1.93. The molecule has 3 heteroatoms. The summed E-state index contributed by atoms with van der Waals surface area (Å²) in [6, 6.07) is 0.126. The maximum absolute atomic E-state index is 11.4. The van der Waals surface area contributed by atoms with Crippen LogP contribution >= 0.6 is 0 Å². The van der Waals surface area contributed by atoms with Crippen molar-refractivity contribution >= 4 is 5.91 Å². The Labute approximate surface area is 84.7 Å². The Balaban J connectivity index is 1.66. The molecule has 0 saturated heterocycles. The van der Waals surface area contributed by atoms with E-state index in [9.17, 15) is 4.79 Å². The third-order valence-electron chi connectivity index (χ3n) is 3.12. The smallest absolute Gasteiger partial charge is 0.224 e. The largest absolute Gasteiger partial charge is 0.356 e. The molecule has 1 amide bonds. The van der Waals surface area contributed by atoms with E-state index in [1.165, 1.54) is 6.42 Å². The molecule has 2 rings (SSSR count). The highest BCUT2D eigenvalue weighted by atomic mass is 16.2. The lowest BCUT2D eigenvalue weighted by atomic mass is 9.94. The minimum Gasteiger partial charge on any atom is -0.356 e. The van der Waals surface area contributed by atoms with Crippen molar-refractivity contribution in [1.29, 1.82) is 0 Å². The van der Waals surface area contributed by atoms with Gasteiger partial charge < -0.3 is 11.1 Å². The van der Waals surface area contributed by atoms with Crippen molar-refractivity contribution in [3.63, 3.8) is 0 Å². The SMILES string of the molecule is NC1CC1C(=O)NCC1CC=CCC1. The Morgan fingerprint density at radius 2 is 2.29 bits per heavy atom. The first-order valence-corrected chi connectivity index (χ1v) is 5.45. The van der Waals surface area contributed by atoms with Crippen molar-refractivity contribution in [3.8, 4) is 0 Å². The average molecular weight is 194 g/mol. The van der Waals surface area contributed by atoms with Crippen LogP contribution in [0, 0.1) is 11.8 Å². The van der Waals surface area contributed by atoms with Crippen molar-refractivity contribution in [2.75, 3.05) is 6.54 Å². The van der Waals surface area contributed by atoms with Crippen molar-refractivity contribution in [1.82, 2.24) is 5.32 Å². The summed E-state index contributed by atoms with van der Waals surface area (Å²) in [6.45, 7) is 0.826. The van der Waals surface area contributed by atoms with Gasteiger partial charge in [-0.3, -0.25) is 4.79 Å². The van der Waals surface area contributed by atoms with Gasteiger partial charge in [0.15, 0.2) is 0 Å². The summed E-state index contributed by atoms with van der Waals surface area (Å²) in [4.78, 5) is 11.4. The summed E-state index contributed by atoms with van der Waals surface area (Å²) in [5, 5.41) is 2.99. The number of amides is 1. The van der Waals surface area contributed by atoms with Gasteiger partial charge in [0, 0.05) is 12.6 Å². The maximum atomic E-state index is 11.4. The van der Waals surface area contributed by atoms with Gasteiger partial charge in [-0.1, -0.05) is 12.2 Å². The predicted molar refractivity (Wildman–Crippen MR) is 55.6 cm³/mol. The van der Waals surface area contributed by atoms with E-state index < -0.39 is 0 Å². The number of rotatable bonds is 3. The number of hydrogen-bond donors (Lipinski definition) is 2. The van der Waals surface area contributed by atoms with Crippen LogP contribution in [0.25, 0.3) is 0 Å². The van der Waals surface area contributed by atoms with Crippen molar-refractivity contribution < 1.29 is 4.79 Å². The molecule has 0 aromatic heterocycles. The fourth-order valence-electron chi connectivity index (χ4n) is 1.93. The zero-order valence-corrected chi connectivity index (χ0v) is 8.41. The third-order valence-corrected chi connectivity index (χ3v) is 3.12. The summed E-state index contributed by atoms with van der Waals surface area (Å²) in [5.74, 6) is 0.903. The molecule has 3 unspecified atom stereocenters. The summed E-state index contributed by atoms with van der Waals surface area (Å²) in [5.41, 5.74) is 5.60. The van der Waals surface area contributed by atoms with E-state index in [0.29, 0.717) is 5.92 Å². The molecule has 1 saturated carbocycles. The molecule has 78 valence electrons. The van der Waals surface area contributed by atoms with Crippen LogP contribution in [-0.2, 0) is 4.79 Å². The lowest BCUT2D eigenvalue weighted by Crippen LogP contribution is -2.32. The Bertz CT molecular complexity index is 250. The first-order chi connectivity index (χ1) is 6.77. The van der Waals surface area contributed by atoms with Crippen LogP contribution in [0.1, 0.15) is 25.7 Å². The number of carbonyl (C=O) groups is 1. The standard InChI is InChI=1S/C11H18N2O/c12-10-6-9(10)11(14)13-7-8-4-2-1-3-5-8/h1-2,8-10H,3-7,12H2,(H,13,14). The first kappa shape index (κ1) is 9.71. The summed E-state index contributed by atoms with van der Waals surface area (Å²) < 4.78 is 0. The van der Waals surface area contributed by atoms with Gasteiger partial charge in [0.2, 0.25) is 5.91 Å². The Morgan fingerprint density at radius 3 is 2.86 bits per heavy atom. The van der Waals surface area contributed by atoms with Crippen LogP contribution in [0.5, 0.6) is 0 Å². The highest BCUT2D eigenvalue weighted by molar-refractivity contribution is 5.82. The molecular formula is C11H18N2O. The van der Waals surface area contributed by atoms with Crippen LogP contribution in [0.4, 0.5) is 0 Å². The summed E-state index contributed by atoms with van der Waals surface area (Å²) in [7, 11) is 0. The van der Waals surface area contributed by atoms with Gasteiger partial charge in [-0.15, -0.1) is 0 Å². The normalized spacial score (nSPS) is 35.4. The zero-order valence-electron chi connectivity index (χ0n) is 8.41. The molecule has 0 aromatic carbocycles. The molecule has 3 nitrogen and oxygen atoms in total. The lowest BCUT2D eigenvalue weighted by molar-refractivity contribution is -0.122. The number of nitrogens with one attached hydrogen (secondary N) is 1. The Hall–Kier alpha value is -0.830. The molecule has 0 bridgehead atoms. The van der Waals surface area contributed by atoms with Gasteiger partial charge in [-0.2, -0.15) is 0 Å². The molecule has 2 aliphatic rings. The monoisotopic (exact) mass is 194 g/mol. The highest BCUT2D eigenvalue weighted by Gasteiger charge is 2.39. The second-order valence-electron chi connectivity index (χ2n) is 4.40. The molecule has 0 heterocycles. The summed E-state index contributed by atoms with van der Waals surface area (Å²) >= 11 is 0. The van der Waals surface area contributed by atoms with Gasteiger partial charge in [0.1, 0.15) is 0 Å². The van der Waals surface area contributed by atoms with Gasteiger partial charge in [-0.05, 0) is 31.6 Å². The number of allylic oxidation sites excluding steroid dienone is 2. The van der Waals surface area contributed by atoms with E-state index in [-0.39, 0.29) is 17.9 Å². The minimum absolute atomic E-state index is 0.106. The minimum atomic E-state index is 0.106. The van der Waals surface area contributed by atoms with E-state index in [2.05, 4.69) is 17.5 Å². The number of hydrogen-bond acceptors (Lipinski definition) is 2. The lowest BCUT2D eigenvalue weighted by Gasteiger charge is -2.17. The maximum Gasteiger partial charge on any atom is 0.224 e. The van der Waals surface area contributed by atoms with E-state index in [4.69, 9.17) is 5.73 Å². The zero-order chi connectivity index (χ0) is 9.97. The number of nitrogens with two attached hydrogens (primary N) is 1. The van der Waals surface area contributed by atoms with Crippen molar-refractivity contribution in [3.05, 3.63) is 12.2 Å². The predicted octanol–water partition coefficient (Wildman–Crippen LogP) is 0.806. The van der Waals surface area contributed by atoms with Crippen molar-refractivity contribution in [2.45, 2.75) is 31.7 Å². The molecule has 3 atom stereocenters. The van der Waals surface area contributed by atoms with Crippen LogP contribution < -0.4 is 11.1 Å². The van der Waals surface area contributed by atoms with E-state index in [0.717, 1.165) is 25.8 Å². The van der Waals surface area contributed by atoms with Crippen LogP contribution in [0.15, 0.2) is 12.2 Å². The second-order valence-corrected chi connectivity index (χ2v) is 4.40. The van der Waals surface area contributed by atoms with Crippen LogP contribution in [-0.4, -0.2) is 18.5 Å². The van der Waals surface area contributed by atoms with E-state index >= 15 is 0 Å². The molecule has 0 spiro atoms. The second kappa shape index (κ2) is 4.13. The van der Waals surface area contributed by atoms with Crippen molar-refractivity contribution in [2.24, 2.45) is 17.6 Å². The fraction of sp³-hybridized carbons (Fsp3) is 0.727. The molecule has 0 radical (unpaired) electrons. The van der Waals surface area contributed by atoms with E-state index in [1.54, 1.807) is 0 Å². The number of carbonyl (C=O) groups excluding carboxylic acids is 1. The topological polar surface area (TPSA) is 55.1 Å². The van der Waals surface area contributed by atoms with Crippen LogP contribution in [0.3, 0.4) is 0 Å². The molecule has 1 fully saturated rings. The molecule has 14 heavy (non-hydrogen) atoms. The highest BCUT2D eigenvalue weighted by Crippen LogP contribution is 2.27. The molecule has 0 aromatic rings. The Kier molecular flexibility index (Phi) is 2.87. The van der Waals surface area contributed by atoms with Crippen LogP contribution in [0.2, 0.25) is 0 Å². The molecule has 2 aliphatic carbocycles. The quantitative estimate of drug-likeness (QED) is 0.653.